The summed E-state index contributed by atoms with van der Waals surface area (Å²) in [6, 6.07) is 0. The lowest BCUT2D eigenvalue weighted by Crippen LogP contribution is -2.63. The fraction of sp³-hybridized carbons (Fsp3) is 0.978. The molecule has 8 heteroatoms. The van der Waals surface area contributed by atoms with Crippen LogP contribution in [0.4, 0.5) is 0 Å². The molecule has 0 spiro atoms. The number of unbranched alkanes of at least 4 members (excludes halogenated alkanes) is 6. The maximum Gasteiger partial charge on any atom is 0.222 e. The predicted octanol–water partition coefficient (Wildman–Crippen LogP) is 8.47. The highest BCUT2D eigenvalue weighted by Gasteiger charge is 2.66. The van der Waals surface area contributed by atoms with Crippen LogP contribution in [0, 0.1) is 46.3 Å². The van der Waals surface area contributed by atoms with E-state index >= 15 is 0 Å². The van der Waals surface area contributed by atoms with Crippen molar-refractivity contribution in [3.8, 4) is 0 Å². The third kappa shape index (κ3) is 11.4. The Balaban J connectivity index is 1.54. The molecule has 2 unspecified atom stereocenters. The van der Waals surface area contributed by atoms with E-state index in [1.807, 2.05) is 0 Å². The molecule has 11 atom stereocenters. The second kappa shape index (κ2) is 22.8. The number of carbonyl (C=O) groups excluding carboxylic acids is 1. The zero-order chi connectivity index (χ0) is 38.3. The third-order valence-corrected chi connectivity index (χ3v) is 15.2. The standard InChI is InChI=1S/C45H86N4O4/c1-6-8-10-12-26-49(27-13-11-9-7-2)42(50)20-17-34(3)37-18-19-38-43-39(33-41(45(37,38)5)53-30-16-25-48)44(4)22-21-36(51-28-14-23-46)31-35(44)32-40(43)52-29-15-24-47/h34-41,43H,6-33,46-48H2,1-5H3/t34-,35?,36-,37-,38+,39+,40-,41+,43?,44+,45-/m1/s1. The van der Waals surface area contributed by atoms with Crippen molar-refractivity contribution in [2.24, 2.45) is 63.5 Å². The van der Waals surface area contributed by atoms with Gasteiger partial charge in [0.05, 0.1) is 18.3 Å². The molecule has 0 aromatic heterocycles. The third-order valence-electron chi connectivity index (χ3n) is 15.2. The van der Waals surface area contributed by atoms with Gasteiger partial charge in [-0.1, -0.05) is 73.1 Å². The van der Waals surface area contributed by atoms with Crippen molar-refractivity contribution in [2.75, 3.05) is 52.5 Å². The number of amides is 1. The molecule has 8 nitrogen and oxygen atoms in total. The quantitative estimate of drug-likeness (QED) is 0.0759. The largest absolute Gasteiger partial charge is 0.378 e. The van der Waals surface area contributed by atoms with Gasteiger partial charge in [-0.2, -0.15) is 0 Å². The predicted molar refractivity (Wildman–Crippen MR) is 219 cm³/mol. The summed E-state index contributed by atoms with van der Waals surface area (Å²) in [6.07, 6.45) is 23.0. The van der Waals surface area contributed by atoms with E-state index in [1.54, 1.807) is 0 Å². The lowest BCUT2D eigenvalue weighted by molar-refractivity contribution is -0.227. The SMILES string of the molecule is CCCCCCN(CCCCCC)C(=O)CC[C@@H](C)[C@H]1CC[C@H]2C3[C@H](OCCCN)CC4C[C@H](OCCCN)CC[C@]4(C)[C@H]3C[C@H](OCCCN)[C@]12C. The van der Waals surface area contributed by atoms with Gasteiger partial charge in [-0.05, 0) is 144 Å². The normalized spacial score (nSPS) is 34.3. The van der Waals surface area contributed by atoms with Crippen molar-refractivity contribution in [1.82, 2.24) is 4.90 Å². The van der Waals surface area contributed by atoms with Crippen LogP contribution in [0.2, 0.25) is 0 Å². The molecule has 53 heavy (non-hydrogen) atoms. The lowest BCUT2D eigenvalue weighted by atomic mass is 9.43. The van der Waals surface area contributed by atoms with Crippen LogP contribution >= 0.6 is 0 Å². The van der Waals surface area contributed by atoms with E-state index in [1.165, 1.54) is 57.8 Å². The van der Waals surface area contributed by atoms with Crippen LogP contribution in [0.5, 0.6) is 0 Å². The number of rotatable bonds is 26. The molecule has 0 heterocycles. The Morgan fingerprint density at radius 1 is 0.736 bits per heavy atom. The molecular formula is C45H86N4O4. The number of nitrogens with zero attached hydrogens (tertiary/aromatic N) is 1. The molecule has 4 aliphatic carbocycles. The minimum absolute atomic E-state index is 0.0550. The molecule has 6 N–H and O–H groups in total. The zero-order valence-electron chi connectivity index (χ0n) is 35.3. The number of nitrogens with two attached hydrogens (primary N) is 3. The summed E-state index contributed by atoms with van der Waals surface area (Å²) in [5, 5.41) is 0. The smallest absolute Gasteiger partial charge is 0.222 e. The summed E-state index contributed by atoms with van der Waals surface area (Å²) in [5.74, 6) is 3.63. The van der Waals surface area contributed by atoms with Gasteiger partial charge >= 0.3 is 0 Å². The molecule has 0 aliphatic heterocycles. The Morgan fingerprint density at radius 2 is 1.36 bits per heavy atom. The lowest BCUT2D eigenvalue weighted by Gasteiger charge is -2.65. The Labute approximate surface area is 326 Å². The van der Waals surface area contributed by atoms with Crippen LogP contribution in [-0.2, 0) is 19.0 Å². The fourth-order valence-electron chi connectivity index (χ4n) is 12.1. The summed E-state index contributed by atoms with van der Waals surface area (Å²) < 4.78 is 20.4. The monoisotopic (exact) mass is 747 g/mol. The van der Waals surface area contributed by atoms with Crippen molar-refractivity contribution >= 4 is 5.91 Å². The van der Waals surface area contributed by atoms with E-state index in [0.29, 0.717) is 73.6 Å². The van der Waals surface area contributed by atoms with Crippen LogP contribution in [0.1, 0.15) is 163 Å². The number of ether oxygens (including phenoxy) is 3. The molecule has 0 radical (unpaired) electrons. The van der Waals surface area contributed by atoms with E-state index in [-0.39, 0.29) is 23.0 Å². The van der Waals surface area contributed by atoms with Gasteiger partial charge in [-0.15, -0.1) is 0 Å². The molecule has 0 saturated heterocycles. The summed E-state index contributed by atoms with van der Waals surface area (Å²) in [6.45, 7) is 18.3. The van der Waals surface area contributed by atoms with Crippen LogP contribution in [0.3, 0.4) is 0 Å². The van der Waals surface area contributed by atoms with Crippen LogP contribution < -0.4 is 17.2 Å². The van der Waals surface area contributed by atoms with Crippen molar-refractivity contribution in [2.45, 2.75) is 181 Å². The maximum atomic E-state index is 13.9. The molecule has 1 amide bonds. The van der Waals surface area contributed by atoms with Gasteiger partial charge in [-0.3, -0.25) is 4.79 Å². The van der Waals surface area contributed by atoms with Gasteiger partial charge in [0, 0.05) is 44.7 Å². The van der Waals surface area contributed by atoms with E-state index < -0.39 is 0 Å². The van der Waals surface area contributed by atoms with Crippen LogP contribution in [-0.4, -0.2) is 81.7 Å². The van der Waals surface area contributed by atoms with Gasteiger partial charge in [0.2, 0.25) is 5.91 Å². The van der Waals surface area contributed by atoms with Crippen molar-refractivity contribution < 1.29 is 19.0 Å². The fourth-order valence-corrected chi connectivity index (χ4v) is 12.1. The van der Waals surface area contributed by atoms with Gasteiger partial charge < -0.3 is 36.3 Å². The van der Waals surface area contributed by atoms with Crippen molar-refractivity contribution in [1.29, 1.82) is 0 Å². The highest BCUT2D eigenvalue weighted by Crippen LogP contribution is 2.69. The van der Waals surface area contributed by atoms with Crippen LogP contribution in [0.25, 0.3) is 0 Å². The molecule has 0 aromatic carbocycles. The maximum absolute atomic E-state index is 13.9. The summed E-state index contributed by atoms with van der Waals surface area (Å²) in [5.41, 5.74) is 18.1. The first kappa shape index (κ1) is 44.9. The van der Waals surface area contributed by atoms with Gasteiger partial charge in [0.1, 0.15) is 0 Å². The first-order valence-electron chi connectivity index (χ1n) is 22.9. The second-order valence-corrected chi connectivity index (χ2v) is 18.5. The van der Waals surface area contributed by atoms with E-state index in [9.17, 15) is 4.79 Å². The molecule has 0 aromatic rings. The average molecular weight is 747 g/mol. The van der Waals surface area contributed by atoms with Crippen molar-refractivity contribution in [3.63, 3.8) is 0 Å². The Bertz CT molecular complexity index is 1020. The Hall–Kier alpha value is -0.770. The zero-order valence-corrected chi connectivity index (χ0v) is 35.3. The van der Waals surface area contributed by atoms with E-state index in [4.69, 9.17) is 31.4 Å². The first-order valence-corrected chi connectivity index (χ1v) is 22.9. The number of carbonyl (C=O) groups is 1. The van der Waals surface area contributed by atoms with Crippen LogP contribution in [0.15, 0.2) is 0 Å². The molecule has 310 valence electrons. The molecule has 4 aliphatic rings. The molecular weight excluding hydrogens is 661 g/mol. The Kier molecular flexibility index (Phi) is 19.4. The topological polar surface area (TPSA) is 126 Å². The molecule has 4 saturated carbocycles. The highest BCUT2D eigenvalue weighted by atomic mass is 16.5. The number of hydrogen-bond acceptors (Lipinski definition) is 7. The summed E-state index contributed by atoms with van der Waals surface area (Å²) in [4.78, 5) is 16.1. The van der Waals surface area contributed by atoms with Gasteiger partial charge in [0.15, 0.2) is 0 Å². The Morgan fingerprint density at radius 3 is 1.98 bits per heavy atom. The number of fused-ring (bicyclic) bond motifs is 5. The molecule has 4 rings (SSSR count). The second-order valence-electron chi connectivity index (χ2n) is 18.5. The van der Waals surface area contributed by atoms with Crippen molar-refractivity contribution in [3.05, 3.63) is 0 Å². The minimum atomic E-state index is 0.0550. The van der Waals surface area contributed by atoms with Gasteiger partial charge in [0.25, 0.3) is 0 Å². The van der Waals surface area contributed by atoms with E-state index in [2.05, 4.69) is 39.5 Å². The van der Waals surface area contributed by atoms with E-state index in [0.717, 1.165) is 97.1 Å². The minimum Gasteiger partial charge on any atom is -0.378 e. The summed E-state index contributed by atoms with van der Waals surface area (Å²) >= 11 is 0. The summed E-state index contributed by atoms with van der Waals surface area (Å²) in [7, 11) is 0. The molecule has 4 fully saturated rings. The highest BCUT2D eigenvalue weighted by molar-refractivity contribution is 5.76. The number of hydrogen-bond donors (Lipinski definition) is 3. The van der Waals surface area contributed by atoms with Gasteiger partial charge in [-0.25, -0.2) is 0 Å². The average Bonchev–Trinajstić information content (AvgIpc) is 3.51. The first-order chi connectivity index (χ1) is 25.7. The molecule has 0 bridgehead atoms.